The summed E-state index contributed by atoms with van der Waals surface area (Å²) in [4.78, 5) is 22.6. The monoisotopic (exact) mass is 274 g/mol. The third-order valence-electron chi connectivity index (χ3n) is 2.99. The number of carboxylic acids is 1. The van der Waals surface area contributed by atoms with Crippen LogP contribution in [0.15, 0.2) is 0 Å². The van der Waals surface area contributed by atoms with Crippen molar-refractivity contribution in [3.63, 3.8) is 0 Å². The number of amides is 1. The lowest BCUT2D eigenvalue weighted by Crippen LogP contribution is -2.45. The Bertz CT molecular complexity index is 291. The van der Waals surface area contributed by atoms with Crippen LogP contribution in [0.4, 0.5) is 0 Å². The molecule has 1 heterocycles. The lowest BCUT2D eigenvalue weighted by molar-refractivity contribution is -0.142. The Labute approximate surface area is 112 Å². The fourth-order valence-corrected chi connectivity index (χ4v) is 2.92. The Kier molecular flexibility index (Phi) is 6.49. The van der Waals surface area contributed by atoms with Crippen molar-refractivity contribution in [3.05, 3.63) is 0 Å². The second-order valence-corrected chi connectivity index (χ2v) is 6.18. The van der Waals surface area contributed by atoms with Gasteiger partial charge in [-0.05, 0) is 31.8 Å². The van der Waals surface area contributed by atoms with Gasteiger partial charge in [-0.3, -0.25) is 4.79 Å². The zero-order valence-corrected chi connectivity index (χ0v) is 11.8. The molecule has 6 heteroatoms. The van der Waals surface area contributed by atoms with E-state index in [1.54, 1.807) is 25.6 Å². The molecule has 0 bridgehead atoms. The summed E-state index contributed by atoms with van der Waals surface area (Å²) >= 11 is 1.63. The largest absolute Gasteiger partial charge is 0.480 e. The number of carbonyl (C=O) groups excluding carboxylic acids is 1. The molecule has 1 aliphatic rings. The molecule has 0 spiro atoms. The number of piperidine rings is 1. The molecule has 5 nitrogen and oxygen atoms in total. The molecule has 0 aromatic heterocycles. The van der Waals surface area contributed by atoms with Crippen LogP contribution in [0.3, 0.4) is 0 Å². The zero-order valence-electron chi connectivity index (χ0n) is 10.9. The molecule has 18 heavy (non-hydrogen) atoms. The molecule has 1 saturated heterocycles. The molecule has 1 amide bonds. The van der Waals surface area contributed by atoms with Gasteiger partial charge in [0.05, 0.1) is 5.75 Å². The molecule has 1 rings (SSSR count). The SMILES string of the molecule is CC(C)[C@H](NC(=O)CSC1CCNCC1)C(=O)O. The molecule has 0 aromatic rings. The molecule has 0 radical (unpaired) electrons. The van der Waals surface area contributed by atoms with Gasteiger partial charge in [-0.25, -0.2) is 4.79 Å². The Balaban J connectivity index is 2.29. The highest BCUT2D eigenvalue weighted by Crippen LogP contribution is 2.19. The number of carbonyl (C=O) groups is 2. The minimum absolute atomic E-state index is 0.102. The van der Waals surface area contributed by atoms with Gasteiger partial charge in [0.1, 0.15) is 6.04 Å². The summed E-state index contributed by atoms with van der Waals surface area (Å²) in [5.41, 5.74) is 0. The summed E-state index contributed by atoms with van der Waals surface area (Å²) in [5, 5.41) is 15.3. The van der Waals surface area contributed by atoms with E-state index in [4.69, 9.17) is 5.11 Å². The van der Waals surface area contributed by atoms with Crippen LogP contribution < -0.4 is 10.6 Å². The van der Waals surface area contributed by atoms with E-state index in [0.717, 1.165) is 25.9 Å². The Morgan fingerprint density at radius 3 is 2.50 bits per heavy atom. The van der Waals surface area contributed by atoms with Crippen molar-refractivity contribution >= 4 is 23.6 Å². The second kappa shape index (κ2) is 7.63. The first-order valence-electron chi connectivity index (χ1n) is 6.35. The molecule has 0 aliphatic carbocycles. The Hall–Kier alpha value is -0.750. The van der Waals surface area contributed by atoms with Crippen LogP contribution >= 0.6 is 11.8 Å². The van der Waals surface area contributed by atoms with Gasteiger partial charge >= 0.3 is 5.97 Å². The van der Waals surface area contributed by atoms with Gasteiger partial charge in [-0.15, -0.1) is 11.8 Å². The first kappa shape index (κ1) is 15.3. The summed E-state index contributed by atoms with van der Waals surface area (Å²) in [6, 6.07) is -0.786. The summed E-state index contributed by atoms with van der Waals surface area (Å²) in [6.07, 6.45) is 2.15. The average Bonchev–Trinajstić information content (AvgIpc) is 2.34. The smallest absolute Gasteiger partial charge is 0.326 e. The number of nitrogens with one attached hydrogen (secondary N) is 2. The maximum Gasteiger partial charge on any atom is 0.326 e. The molecular formula is C12H22N2O3S. The van der Waals surface area contributed by atoms with E-state index in [-0.39, 0.29) is 11.8 Å². The Morgan fingerprint density at radius 2 is 2.00 bits per heavy atom. The third-order valence-corrected chi connectivity index (χ3v) is 4.36. The number of thioether (sulfide) groups is 1. The highest BCUT2D eigenvalue weighted by Gasteiger charge is 2.24. The molecule has 1 aliphatic heterocycles. The molecule has 1 atom stereocenters. The maximum atomic E-state index is 11.7. The molecule has 1 fully saturated rings. The highest BCUT2D eigenvalue weighted by atomic mass is 32.2. The minimum atomic E-state index is -0.967. The first-order chi connectivity index (χ1) is 8.50. The van der Waals surface area contributed by atoms with E-state index in [0.29, 0.717) is 11.0 Å². The van der Waals surface area contributed by atoms with Crippen LogP contribution in [-0.2, 0) is 9.59 Å². The molecule has 0 saturated carbocycles. The first-order valence-corrected chi connectivity index (χ1v) is 7.40. The van der Waals surface area contributed by atoms with Crippen molar-refractivity contribution in [2.45, 2.75) is 38.0 Å². The normalized spacial score (nSPS) is 18.6. The number of rotatable bonds is 6. The molecule has 0 unspecified atom stereocenters. The predicted molar refractivity (Wildman–Crippen MR) is 72.8 cm³/mol. The molecule has 104 valence electrons. The lowest BCUT2D eigenvalue weighted by Gasteiger charge is -2.22. The maximum absolute atomic E-state index is 11.7. The lowest BCUT2D eigenvalue weighted by atomic mass is 10.1. The van der Waals surface area contributed by atoms with Gasteiger partial charge in [0, 0.05) is 5.25 Å². The number of aliphatic carboxylic acids is 1. The summed E-state index contributed by atoms with van der Waals surface area (Å²) < 4.78 is 0. The van der Waals surface area contributed by atoms with Crippen LogP contribution in [0.25, 0.3) is 0 Å². The van der Waals surface area contributed by atoms with Crippen molar-refractivity contribution in [1.29, 1.82) is 0 Å². The predicted octanol–water partition coefficient (Wildman–Crippen LogP) is 0.697. The van der Waals surface area contributed by atoms with E-state index < -0.39 is 12.0 Å². The third kappa shape index (κ3) is 5.27. The van der Waals surface area contributed by atoms with Gasteiger partial charge in [0.2, 0.25) is 5.91 Å². The number of hydrogen-bond donors (Lipinski definition) is 3. The van der Waals surface area contributed by atoms with Crippen LogP contribution in [0, 0.1) is 5.92 Å². The Morgan fingerprint density at radius 1 is 1.39 bits per heavy atom. The minimum Gasteiger partial charge on any atom is -0.480 e. The van der Waals surface area contributed by atoms with Crippen molar-refractivity contribution in [2.24, 2.45) is 5.92 Å². The average molecular weight is 274 g/mol. The van der Waals surface area contributed by atoms with Crippen LogP contribution in [-0.4, -0.2) is 47.1 Å². The van der Waals surface area contributed by atoms with Crippen molar-refractivity contribution < 1.29 is 14.7 Å². The summed E-state index contributed by atoms with van der Waals surface area (Å²) in [6.45, 7) is 5.59. The van der Waals surface area contributed by atoms with Gasteiger partial charge < -0.3 is 15.7 Å². The number of hydrogen-bond acceptors (Lipinski definition) is 4. The van der Waals surface area contributed by atoms with Gasteiger partial charge in [0.25, 0.3) is 0 Å². The topological polar surface area (TPSA) is 78.4 Å². The molecule has 3 N–H and O–H groups in total. The van der Waals surface area contributed by atoms with Crippen molar-refractivity contribution in [1.82, 2.24) is 10.6 Å². The van der Waals surface area contributed by atoms with Crippen LogP contribution in [0.5, 0.6) is 0 Å². The number of carboxylic acid groups (broad SMARTS) is 1. The highest BCUT2D eigenvalue weighted by molar-refractivity contribution is 8.00. The van der Waals surface area contributed by atoms with E-state index in [1.807, 2.05) is 0 Å². The van der Waals surface area contributed by atoms with Crippen LogP contribution in [0.2, 0.25) is 0 Å². The standard InChI is InChI=1S/C12H22N2O3S/c1-8(2)11(12(16)17)14-10(15)7-18-9-3-5-13-6-4-9/h8-9,11,13H,3-7H2,1-2H3,(H,14,15)(H,16,17)/t11-/m0/s1. The van der Waals surface area contributed by atoms with Gasteiger partial charge in [-0.2, -0.15) is 0 Å². The van der Waals surface area contributed by atoms with E-state index in [2.05, 4.69) is 10.6 Å². The van der Waals surface area contributed by atoms with Crippen LogP contribution in [0.1, 0.15) is 26.7 Å². The van der Waals surface area contributed by atoms with E-state index in [1.165, 1.54) is 0 Å². The summed E-state index contributed by atoms with van der Waals surface area (Å²) in [5.74, 6) is -0.901. The van der Waals surface area contributed by atoms with Crippen molar-refractivity contribution in [3.8, 4) is 0 Å². The molecule has 0 aromatic carbocycles. The summed E-state index contributed by atoms with van der Waals surface area (Å²) in [7, 11) is 0. The van der Waals surface area contributed by atoms with Gasteiger partial charge in [-0.1, -0.05) is 13.8 Å². The quantitative estimate of drug-likeness (QED) is 0.664. The fraction of sp³-hybridized carbons (Fsp3) is 0.833. The molecular weight excluding hydrogens is 252 g/mol. The van der Waals surface area contributed by atoms with E-state index >= 15 is 0 Å². The second-order valence-electron chi connectivity index (χ2n) is 4.89. The van der Waals surface area contributed by atoms with Gasteiger partial charge in [0.15, 0.2) is 0 Å². The van der Waals surface area contributed by atoms with Crippen molar-refractivity contribution in [2.75, 3.05) is 18.8 Å². The fourth-order valence-electron chi connectivity index (χ4n) is 1.88. The van der Waals surface area contributed by atoms with E-state index in [9.17, 15) is 9.59 Å². The zero-order chi connectivity index (χ0) is 13.5.